The second-order valence-corrected chi connectivity index (χ2v) is 5.43. The Morgan fingerprint density at radius 1 is 1.59 bits per heavy atom. The molecule has 0 saturated heterocycles. The Morgan fingerprint density at radius 2 is 2.29 bits per heavy atom. The minimum Gasteiger partial charge on any atom is -0.378 e. The molecule has 0 heterocycles. The Kier molecular flexibility index (Phi) is 3.09. The summed E-state index contributed by atoms with van der Waals surface area (Å²) in [6, 6.07) is 0. The third-order valence-electron chi connectivity index (χ3n) is 3.71. The second kappa shape index (κ2) is 4.26. The molecule has 17 heavy (non-hydrogen) atoms. The molecule has 2 nitrogen and oxygen atoms in total. The zero-order valence-electron chi connectivity index (χ0n) is 10.5. The fourth-order valence-electron chi connectivity index (χ4n) is 2.95. The molecule has 1 N–H and O–H groups in total. The van der Waals surface area contributed by atoms with E-state index in [1.807, 2.05) is 13.8 Å². The molecule has 0 radical (unpaired) electrons. The van der Waals surface area contributed by atoms with E-state index in [1.54, 1.807) is 12.2 Å². The number of fused-ring (bicyclic) bond motifs is 1. The zero-order chi connectivity index (χ0) is 12.6. The maximum atomic E-state index is 12.4. The molecule has 0 aromatic carbocycles. The third-order valence-corrected chi connectivity index (χ3v) is 3.71. The molecule has 0 aromatic rings. The molecule has 0 aromatic heterocycles. The lowest BCUT2D eigenvalue weighted by molar-refractivity contribution is -0.134. The number of aliphatic hydroxyl groups is 1. The number of hydrogen-bond donors (Lipinski definition) is 1. The summed E-state index contributed by atoms with van der Waals surface area (Å²) in [5.74, 6) is 0.826. The second-order valence-electron chi connectivity index (χ2n) is 5.43. The van der Waals surface area contributed by atoms with Crippen molar-refractivity contribution >= 4 is 5.78 Å². The van der Waals surface area contributed by atoms with Crippen molar-refractivity contribution < 1.29 is 9.90 Å². The van der Waals surface area contributed by atoms with E-state index in [2.05, 4.69) is 18.7 Å². The quantitative estimate of drug-likeness (QED) is 0.740. The highest BCUT2D eigenvalue weighted by atomic mass is 16.3. The first-order chi connectivity index (χ1) is 7.99. The van der Waals surface area contributed by atoms with Crippen molar-refractivity contribution in [1.29, 1.82) is 0 Å². The number of ketones is 1. The van der Waals surface area contributed by atoms with E-state index in [0.717, 1.165) is 12.0 Å². The Hall–Kier alpha value is -1.15. The number of carbonyl (C=O) groups is 1. The SMILES string of the molecule is C=CCC(O)(C=C(C)C)C(=O)[C@H]1[C@@H]2C=CC[C@@H]21. The van der Waals surface area contributed by atoms with Crippen LogP contribution in [0.3, 0.4) is 0 Å². The number of hydrogen-bond acceptors (Lipinski definition) is 2. The van der Waals surface area contributed by atoms with Gasteiger partial charge in [-0.3, -0.25) is 4.79 Å². The molecular weight excluding hydrogens is 212 g/mol. The first kappa shape index (κ1) is 12.3. The van der Waals surface area contributed by atoms with Crippen molar-refractivity contribution in [3.8, 4) is 0 Å². The van der Waals surface area contributed by atoms with Crippen LogP contribution in [-0.2, 0) is 4.79 Å². The molecule has 0 spiro atoms. The topological polar surface area (TPSA) is 37.3 Å². The summed E-state index contributed by atoms with van der Waals surface area (Å²) >= 11 is 0. The lowest BCUT2D eigenvalue weighted by Crippen LogP contribution is -2.38. The van der Waals surface area contributed by atoms with Crippen LogP contribution in [-0.4, -0.2) is 16.5 Å². The van der Waals surface area contributed by atoms with Crippen LogP contribution < -0.4 is 0 Å². The van der Waals surface area contributed by atoms with Gasteiger partial charge in [-0.25, -0.2) is 0 Å². The van der Waals surface area contributed by atoms with E-state index in [-0.39, 0.29) is 11.7 Å². The molecule has 0 aliphatic heterocycles. The Bertz CT molecular complexity index is 401. The summed E-state index contributed by atoms with van der Waals surface area (Å²) in [7, 11) is 0. The lowest BCUT2D eigenvalue weighted by Gasteiger charge is -2.23. The van der Waals surface area contributed by atoms with Crippen molar-refractivity contribution in [3.05, 3.63) is 36.5 Å². The van der Waals surface area contributed by atoms with Crippen molar-refractivity contribution in [2.45, 2.75) is 32.3 Å². The van der Waals surface area contributed by atoms with Crippen LogP contribution in [0.25, 0.3) is 0 Å². The van der Waals surface area contributed by atoms with Gasteiger partial charge < -0.3 is 5.11 Å². The highest BCUT2D eigenvalue weighted by Gasteiger charge is 2.58. The molecule has 2 aliphatic carbocycles. The van der Waals surface area contributed by atoms with Gasteiger partial charge in [0.25, 0.3) is 0 Å². The van der Waals surface area contributed by atoms with Gasteiger partial charge in [0.1, 0.15) is 5.60 Å². The van der Waals surface area contributed by atoms with Gasteiger partial charge >= 0.3 is 0 Å². The third kappa shape index (κ3) is 2.14. The monoisotopic (exact) mass is 232 g/mol. The van der Waals surface area contributed by atoms with E-state index in [9.17, 15) is 9.90 Å². The predicted molar refractivity (Wildman–Crippen MR) is 68.4 cm³/mol. The first-order valence-corrected chi connectivity index (χ1v) is 6.20. The van der Waals surface area contributed by atoms with Gasteiger partial charge in [0.05, 0.1) is 0 Å². The Morgan fingerprint density at radius 3 is 2.76 bits per heavy atom. The number of rotatable bonds is 5. The fraction of sp³-hybridized carbons (Fsp3) is 0.533. The maximum absolute atomic E-state index is 12.4. The van der Waals surface area contributed by atoms with Crippen LogP contribution in [0.15, 0.2) is 36.5 Å². The number of carbonyl (C=O) groups excluding carboxylic acids is 1. The van der Waals surface area contributed by atoms with Crippen LogP contribution in [0.4, 0.5) is 0 Å². The van der Waals surface area contributed by atoms with Crippen molar-refractivity contribution in [3.63, 3.8) is 0 Å². The summed E-state index contributed by atoms with van der Waals surface area (Å²) in [5.41, 5.74) is -0.382. The van der Waals surface area contributed by atoms with Gasteiger partial charge in [-0.15, -0.1) is 6.58 Å². The molecule has 4 atom stereocenters. The van der Waals surface area contributed by atoms with Gasteiger partial charge in [-0.1, -0.05) is 23.8 Å². The molecule has 1 saturated carbocycles. The largest absolute Gasteiger partial charge is 0.378 e. The van der Waals surface area contributed by atoms with Crippen LogP contribution in [0.2, 0.25) is 0 Å². The van der Waals surface area contributed by atoms with Crippen molar-refractivity contribution in [1.82, 2.24) is 0 Å². The summed E-state index contributed by atoms with van der Waals surface area (Å²) < 4.78 is 0. The van der Waals surface area contributed by atoms with E-state index in [0.29, 0.717) is 18.3 Å². The molecular formula is C15H20O2. The van der Waals surface area contributed by atoms with Crippen LogP contribution in [0.1, 0.15) is 26.7 Å². The van der Waals surface area contributed by atoms with E-state index in [4.69, 9.17) is 0 Å². The Balaban J connectivity index is 2.17. The molecule has 92 valence electrons. The van der Waals surface area contributed by atoms with E-state index in [1.165, 1.54) is 0 Å². The molecule has 2 heteroatoms. The highest BCUT2D eigenvalue weighted by molar-refractivity contribution is 5.94. The first-order valence-electron chi connectivity index (χ1n) is 6.20. The van der Waals surface area contributed by atoms with Gasteiger partial charge in [-0.05, 0) is 38.2 Å². The molecule has 1 fully saturated rings. The maximum Gasteiger partial charge on any atom is 0.172 e. The summed E-state index contributed by atoms with van der Waals surface area (Å²) in [6.07, 6.45) is 8.83. The molecule has 2 aliphatic rings. The van der Waals surface area contributed by atoms with Crippen LogP contribution in [0.5, 0.6) is 0 Å². The van der Waals surface area contributed by atoms with Crippen LogP contribution >= 0.6 is 0 Å². The average Bonchev–Trinajstić information content (AvgIpc) is 2.68. The average molecular weight is 232 g/mol. The highest BCUT2D eigenvalue weighted by Crippen LogP contribution is 2.55. The Labute approximate surface area is 103 Å². The summed E-state index contributed by atoms with van der Waals surface area (Å²) in [6.45, 7) is 7.43. The number of allylic oxidation sites excluding steroid dienone is 3. The van der Waals surface area contributed by atoms with Gasteiger partial charge in [0, 0.05) is 12.3 Å². The van der Waals surface area contributed by atoms with Gasteiger partial charge in [0.2, 0.25) is 0 Å². The van der Waals surface area contributed by atoms with Crippen molar-refractivity contribution in [2.24, 2.45) is 17.8 Å². The normalized spacial score (nSPS) is 32.5. The standard InChI is InChI=1S/C15H20O2/c1-4-8-15(17,9-10(2)3)14(16)13-11-6-5-7-12(11)13/h4-6,9,11-13,17H,1,7-8H2,2-3H3/t11-,12+,13+,15?/m1/s1. The van der Waals surface area contributed by atoms with E-state index >= 15 is 0 Å². The smallest absolute Gasteiger partial charge is 0.172 e. The summed E-state index contributed by atoms with van der Waals surface area (Å²) in [5, 5.41) is 10.5. The summed E-state index contributed by atoms with van der Waals surface area (Å²) in [4.78, 5) is 12.4. The molecule has 0 bridgehead atoms. The zero-order valence-corrected chi connectivity index (χ0v) is 10.5. The minimum atomic E-state index is -1.34. The minimum absolute atomic E-state index is 0.0283. The fourth-order valence-corrected chi connectivity index (χ4v) is 2.95. The molecule has 0 amide bonds. The van der Waals surface area contributed by atoms with E-state index < -0.39 is 5.60 Å². The molecule has 2 rings (SSSR count). The number of Topliss-reactive ketones (excluding diaryl/α,β-unsaturated/α-hetero) is 1. The lowest BCUT2D eigenvalue weighted by atomic mass is 9.88. The predicted octanol–water partition coefficient (Wildman–Crippen LogP) is 2.65. The van der Waals surface area contributed by atoms with Crippen molar-refractivity contribution in [2.75, 3.05) is 0 Å². The van der Waals surface area contributed by atoms with Gasteiger partial charge in [0.15, 0.2) is 5.78 Å². The van der Waals surface area contributed by atoms with Crippen LogP contribution in [0, 0.1) is 17.8 Å². The molecule has 1 unspecified atom stereocenters. The van der Waals surface area contributed by atoms with Gasteiger partial charge in [-0.2, -0.15) is 0 Å².